The van der Waals surface area contributed by atoms with Gasteiger partial charge in [0.25, 0.3) is 5.91 Å². The third-order valence-electron chi connectivity index (χ3n) is 6.62. The molecule has 0 N–H and O–H groups in total. The maximum Gasteiger partial charge on any atom is 0.278 e. The quantitative estimate of drug-likeness (QED) is 0.553. The van der Waals surface area contributed by atoms with Gasteiger partial charge in [-0.2, -0.15) is 9.40 Å². The van der Waals surface area contributed by atoms with Gasteiger partial charge < -0.3 is 4.90 Å². The summed E-state index contributed by atoms with van der Waals surface area (Å²) in [5.41, 5.74) is 1.91. The van der Waals surface area contributed by atoms with Crippen molar-refractivity contribution in [2.45, 2.75) is 31.1 Å². The van der Waals surface area contributed by atoms with Gasteiger partial charge in [-0.15, -0.1) is 0 Å². The summed E-state index contributed by atoms with van der Waals surface area (Å²) >= 11 is 0. The van der Waals surface area contributed by atoms with Crippen molar-refractivity contribution < 1.29 is 17.6 Å². The summed E-state index contributed by atoms with van der Waals surface area (Å²) in [6.07, 6.45) is 2.89. The van der Waals surface area contributed by atoms with Crippen LogP contribution in [0.25, 0.3) is 5.69 Å². The highest BCUT2D eigenvalue weighted by atomic mass is 32.2. The van der Waals surface area contributed by atoms with Gasteiger partial charge in [-0.05, 0) is 61.6 Å². The molecule has 3 aromatic rings. The Morgan fingerprint density at radius 2 is 1.69 bits per heavy atom. The lowest BCUT2D eigenvalue weighted by Crippen LogP contribution is -2.51. The molecule has 0 atom stereocenters. The van der Waals surface area contributed by atoms with E-state index in [-0.39, 0.29) is 42.5 Å². The van der Waals surface area contributed by atoms with Crippen LogP contribution < -0.4 is 5.43 Å². The highest BCUT2D eigenvalue weighted by Gasteiger charge is 2.32. The van der Waals surface area contributed by atoms with E-state index in [9.17, 15) is 22.4 Å². The lowest BCUT2D eigenvalue weighted by atomic mass is 10.1. The summed E-state index contributed by atoms with van der Waals surface area (Å²) in [5, 5.41) is 4.17. The number of sulfonamides is 1. The lowest BCUT2D eigenvalue weighted by Gasteiger charge is -2.33. The summed E-state index contributed by atoms with van der Waals surface area (Å²) in [7, 11) is -3.69. The number of halogens is 1. The van der Waals surface area contributed by atoms with E-state index < -0.39 is 27.2 Å². The minimum Gasteiger partial charge on any atom is -0.334 e. The fourth-order valence-electron chi connectivity index (χ4n) is 4.70. The van der Waals surface area contributed by atoms with Gasteiger partial charge in [-0.25, -0.2) is 17.5 Å². The van der Waals surface area contributed by atoms with Crippen LogP contribution in [0.15, 0.2) is 58.2 Å². The van der Waals surface area contributed by atoms with Gasteiger partial charge in [0.1, 0.15) is 11.5 Å². The molecule has 0 radical (unpaired) electrons. The van der Waals surface area contributed by atoms with Gasteiger partial charge >= 0.3 is 0 Å². The monoisotopic (exact) mass is 496 g/mol. The van der Waals surface area contributed by atoms with E-state index in [2.05, 4.69) is 5.10 Å². The van der Waals surface area contributed by atoms with Gasteiger partial charge in [-0.3, -0.25) is 9.59 Å². The molecular weight excluding hydrogens is 471 g/mol. The Bertz CT molecular complexity index is 1480. The number of carbonyl (C=O) groups excluding carboxylic acids is 1. The molecule has 0 unspecified atom stereocenters. The number of nitrogens with zero attached hydrogens (tertiary/aromatic N) is 4. The maximum absolute atomic E-state index is 14.3. The Kier molecular flexibility index (Phi) is 6.02. The highest BCUT2D eigenvalue weighted by Crippen LogP contribution is 2.27. The Labute approximate surface area is 202 Å². The molecule has 1 amide bonds. The fourth-order valence-corrected chi connectivity index (χ4v) is 6.18. The number of carbonyl (C=O) groups is 1. The van der Waals surface area contributed by atoms with Crippen LogP contribution >= 0.6 is 0 Å². The fraction of sp³-hybridized carbons (Fsp3) is 0.320. The van der Waals surface area contributed by atoms with Crippen molar-refractivity contribution in [1.82, 2.24) is 19.0 Å². The van der Waals surface area contributed by atoms with Gasteiger partial charge in [0.15, 0.2) is 5.69 Å². The first kappa shape index (κ1) is 23.4. The van der Waals surface area contributed by atoms with E-state index in [1.807, 2.05) is 6.07 Å². The molecule has 2 aromatic carbocycles. The lowest BCUT2D eigenvalue weighted by molar-refractivity contribution is 0.0688. The van der Waals surface area contributed by atoms with Gasteiger partial charge in [0.05, 0.1) is 4.90 Å². The normalized spacial score (nSPS) is 16.3. The van der Waals surface area contributed by atoms with Gasteiger partial charge in [0, 0.05) is 37.9 Å². The molecular formula is C25H25FN4O4S. The molecule has 182 valence electrons. The van der Waals surface area contributed by atoms with Gasteiger partial charge in [-0.1, -0.05) is 18.2 Å². The summed E-state index contributed by atoms with van der Waals surface area (Å²) in [6, 6.07) is 12.5. The number of aromatic nitrogens is 2. The largest absolute Gasteiger partial charge is 0.334 e. The van der Waals surface area contributed by atoms with E-state index in [1.54, 1.807) is 31.2 Å². The Morgan fingerprint density at radius 1 is 0.971 bits per heavy atom. The molecule has 0 spiro atoms. The van der Waals surface area contributed by atoms with Crippen LogP contribution in [0.2, 0.25) is 0 Å². The van der Waals surface area contributed by atoms with Crippen LogP contribution in [0, 0.1) is 12.7 Å². The Hall–Kier alpha value is -3.37. The summed E-state index contributed by atoms with van der Waals surface area (Å²) in [6.45, 7) is 2.07. The summed E-state index contributed by atoms with van der Waals surface area (Å²) < 4.78 is 43.3. The number of hydrogen-bond donors (Lipinski definition) is 0. The van der Waals surface area contributed by atoms with Crippen molar-refractivity contribution in [3.8, 4) is 5.69 Å². The predicted molar refractivity (Wildman–Crippen MR) is 128 cm³/mol. The molecule has 1 aliphatic heterocycles. The zero-order chi connectivity index (χ0) is 24.7. The molecule has 0 bridgehead atoms. The van der Waals surface area contributed by atoms with Crippen LogP contribution in [0.1, 0.15) is 33.7 Å². The molecule has 2 heterocycles. The van der Waals surface area contributed by atoms with E-state index in [4.69, 9.17) is 0 Å². The van der Waals surface area contributed by atoms with Crippen molar-refractivity contribution in [3.05, 3.63) is 87.1 Å². The molecule has 2 aliphatic rings. The van der Waals surface area contributed by atoms with Crippen LogP contribution in [-0.4, -0.2) is 59.5 Å². The van der Waals surface area contributed by atoms with Crippen molar-refractivity contribution in [2.75, 3.05) is 26.2 Å². The van der Waals surface area contributed by atoms with E-state index in [0.717, 1.165) is 24.8 Å². The number of fused-ring (bicyclic) bond motifs is 1. The number of piperazine rings is 1. The van der Waals surface area contributed by atoms with Crippen molar-refractivity contribution in [1.29, 1.82) is 0 Å². The molecule has 1 aromatic heterocycles. The molecule has 35 heavy (non-hydrogen) atoms. The number of aryl methyl sites for hydroxylation is 3. The third-order valence-corrected chi connectivity index (χ3v) is 8.52. The van der Waals surface area contributed by atoms with E-state index >= 15 is 0 Å². The first-order valence-corrected chi connectivity index (χ1v) is 13.0. The molecule has 0 saturated carbocycles. The smallest absolute Gasteiger partial charge is 0.278 e. The predicted octanol–water partition coefficient (Wildman–Crippen LogP) is 2.32. The average Bonchev–Trinajstić information content (AvgIpc) is 3.33. The van der Waals surface area contributed by atoms with E-state index in [1.165, 1.54) is 37.6 Å². The zero-order valence-corrected chi connectivity index (χ0v) is 20.1. The number of benzene rings is 2. The molecule has 1 aliphatic carbocycles. The van der Waals surface area contributed by atoms with Crippen molar-refractivity contribution >= 4 is 15.9 Å². The van der Waals surface area contributed by atoms with Crippen LogP contribution in [-0.2, 0) is 22.9 Å². The topological polar surface area (TPSA) is 92.6 Å². The SMILES string of the molecule is Cc1cc(=O)c(C(=O)N2CCN(S(=O)(=O)c3ccc4c(c3)CCC4)CC2)nn1-c1ccccc1F. The second-order valence-corrected chi connectivity index (χ2v) is 10.8. The van der Waals surface area contributed by atoms with Crippen LogP contribution in [0.3, 0.4) is 0 Å². The Morgan fingerprint density at radius 3 is 2.43 bits per heavy atom. The maximum atomic E-state index is 14.3. The molecule has 1 saturated heterocycles. The van der Waals surface area contributed by atoms with Gasteiger partial charge in [0.2, 0.25) is 15.5 Å². The molecule has 10 heteroatoms. The first-order chi connectivity index (χ1) is 16.8. The minimum atomic E-state index is -3.69. The highest BCUT2D eigenvalue weighted by molar-refractivity contribution is 7.89. The zero-order valence-electron chi connectivity index (χ0n) is 19.3. The van der Waals surface area contributed by atoms with E-state index in [0.29, 0.717) is 5.69 Å². The Balaban J connectivity index is 1.35. The second kappa shape index (κ2) is 9.01. The second-order valence-electron chi connectivity index (χ2n) is 8.84. The third kappa shape index (κ3) is 4.28. The summed E-state index contributed by atoms with van der Waals surface area (Å²) in [4.78, 5) is 27.4. The molecule has 1 fully saturated rings. The standard InChI is InChI=1S/C25H25FN4O4S/c1-17-15-23(31)24(27-30(17)22-8-3-2-7-21(22)26)25(32)28-11-13-29(14-12-28)35(33,34)20-10-9-18-5-4-6-19(18)16-20/h2-3,7-10,15-16H,4-6,11-14H2,1H3. The number of para-hydroxylation sites is 1. The molecule has 8 nitrogen and oxygen atoms in total. The number of amides is 1. The van der Waals surface area contributed by atoms with Crippen molar-refractivity contribution in [3.63, 3.8) is 0 Å². The average molecular weight is 497 g/mol. The summed E-state index contributed by atoms with van der Waals surface area (Å²) in [5.74, 6) is -1.13. The number of rotatable bonds is 4. The van der Waals surface area contributed by atoms with Crippen LogP contribution in [0.4, 0.5) is 4.39 Å². The van der Waals surface area contributed by atoms with Crippen LogP contribution in [0.5, 0.6) is 0 Å². The number of hydrogen-bond acceptors (Lipinski definition) is 5. The first-order valence-electron chi connectivity index (χ1n) is 11.5. The van der Waals surface area contributed by atoms with Crippen molar-refractivity contribution in [2.24, 2.45) is 0 Å². The molecule has 5 rings (SSSR count). The minimum absolute atomic E-state index is 0.110.